The third-order valence-electron chi connectivity index (χ3n) is 6.17. The number of likely N-dealkylation sites (tertiary alicyclic amines) is 1. The fourth-order valence-electron chi connectivity index (χ4n) is 4.69. The Bertz CT molecular complexity index is 919. The first-order valence-electron chi connectivity index (χ1n) is 11.2. The number of carbonyl (C=O) groups excluding carboxylic acids is 1. The van der Waals surface area contributed by atoms with Gasteiger partial charge in [-0.25, -0.2) is 0 Å². The van der Waals surface area contributed by atoms with Gasteiger partial charge in [0.25, 0.3) is 0 Å². The summed E-state index contributed by atoms with van der Waals surface area (Å²) in [6.45, 7) is 6.33. The molecule has 3 atom stereocenters. The number of thioether (sulfide) groups is 1. The molecule has 4 rings (SSSR count). The first-order chi connectivity index (χ1) is 15.7. The van der Waals surface area contributed by atoms with Crippen molar-refractivity contribution in [3.05, 3.63) is 53.6 Å². The largest absolute Gasteiger partial charge is 0.497 e. The van der Waals surface area contributed by atoms with E-state index in [1.54, 1.807) is 7.11 Å². The van der Waals surface area contributed by atoms with Crippen LogP contribution >= 0.6 is 11.8 Å². The molecular weight excluding hydrogens is 426 g/mol. The van der Waals surface area contributed by atoms with Gasteiger partial charge in [-0.3, -0.25) is 9.69 Å². The predicted octanol–water partition coefficient (Wildman–Crippen LogP) is 4.50. The second kappa shape index (κ2) is 10.5. The number of fused-ring (bicyclic) bond motifs is 1. The zero-order chi connectivity index (χ0) is 22.5. The number of ether oxygens (including phenoxy) is 4. The summed E-state index contributed by atoms with van der Waals surface area (Å²) in [5.41, 5.74) is 2.19. The molecule has 1 fully saturated rings. The van der Waals surface area contributed by atoms with Crippen molar-refractivity contribution in [3.63, 3.8) is 0 Å². The van der Waals surface area contributed by atoms with Gasteiger partial charge in [0.15, 0.2) is 11.5 Å². The molecule has 2 aliphatic rings. The molecule has 0 spiro atoms. The smallest absolute Gasteiger partial charge is 0.311 e. The number of esters is 1. The normalized spacial score (nSPS) is 22.2. The maximum atomic E-state index is 13.3. The minimum atomic E-state index is -0.310. The molecule has 6 nitrogen and oxygen atoms in total. The fourth-order valence-corrected chi connectivity index (χ4v) is 5.34. The molecule has 7 heteroatoms. The van der Waals surface area contributed by atoms with Gasteiger partial charge in [-0.15, -0.1) is 0 Å². The standard InChI is InChI=1S/C25H31NO5S/c1-4-29-25(27)23-20(18-8-11-21-22(14-18)31-16-30-21)15-26(12-13-32-5-2)24(23)17-6-9-19(28-3)10-7-17/h6-11,14,20,23-24H,4-5,12-13,15-16H2,1-3H3/t20-,23-,24+/m0/s1. The number of carbonyl (C=O) groups is 1. The van der Waals surface area contributed by atoms with Crippen LogP contribution in [0.4, 0.5) is 0 Å². The Morgan fingerprint density at radius 3 is 2.56 bits per heavy atom. The molecular formula is C25H31NO5S. The number of benzene rings is 2. The molecule has 0 bridgehead atoms. The monoisotopic (exact) mass is 457 g/mol. The molecule has 0 N–H and O–H groups in total. The minimum absolute atomic E-state index is 0.00211. The summed E-state index contributed by atoms with van der Waals surface area (Å²) in [6, 6.07) is 14.0. The Balaban J connectivity index is 1.72. The van der Waals surface area contributed by atoms with Crippen LogP contribution in [0.15, 0.2) is 42.5 Å². The molecule has 32 heavy (non-hydrogen) atoms. The van der Waals surface area contributed by atoms with E-state index in [4.69, 9.17) is 18.9 Å². The van der Waals surface area contributed by atoms with Crippen molar-refractivity contribution in [2.24, 2.45) is 5.92 Å². The van der Waals surface area contributed by atoms with Crippen LogP contribution in [0.1, 0.15) is 36.9 Å². The number of rotatable bonds is 9. The lowest BCUT2D eigenvalue weighted by Gasteiger charge is -2.28. The van der Waals surface area contributed by atoms with Crippen molar-refractivity contribution in [2.45, 2.75) is 25.8 Å². The predicted molar refractivity (Wildman–Crippen MR) is 126 cm³/mol. The zero-order valence-corrected chi connectivity index (χ0v) is 19.7. The van der Waals surface area contributed by atoms with Gasteiger partial charge in [0, 0.05) is 30.8 Å². The van der Waals surface area contributed by atoms with E-state index in [2.05, 4.69) is 30.0 Å². The van der Waals surface area contributed by atoms with Crippen LogP contribution < -0.4 is 14.2 Å². The molecule has 0 saturated carbocycles. The molecule has 2 aromatic carbocycles. The van der Waals surface area contributed by atoms with Gasteiger partial charge in [0.05, 0.1) is 19.6 Å². The van der Waals surface area contributed by atoms with Gasteiger partial charge >= 0.3 is 5.97 Å². The second-order valence-corrected chi connectivity index (χ2v) is 9.30. The summed E-state index contributed by atoms with van der Waals surface area (Å²) in [7, 11) is 1.66. The summed E-state index contributed by atoms with van der Waals surface area (Å²) in [5.74, 6) is 3.94. The summed E-state index contributed by atoms with van der Waals surface area (Å²) < 4.78 is 22.0. The Morgan fingerprint density at radius 1 is 1.09 bits per heavy atom. The third-order valence-corrected chi connectivity index (χ3v) is 7.05. The number of methoxy groups -OCH3 is 1. The van der Waals surface area contributed by atoms with Crippen LogP contribution in [0.5, 0.6) is 17.2 Å². The van der Waals surface area contributed by atoms with Crippen LogP contribution in [0.2, 0.25) is 0 Å². The van der Waals surface area contributed by atoms with Crippen molar-refractivity contribution < 1.29 is 23.7 Å². The lowest BCUT2D eigenvalue weighted by atomic mass is 9.82. The Hall–Kier alpha value is -2.38. The van der Waals surface area contributed by atoms with Gasteiger partial charge in [-0.05, 0) is 48.1 Å². The highest BCUT2D eigenvalue weighted by atomic mass is 32.2. The quantitative estimate of drug-likeness (QED) is 0.406. The lowest BCUT2D eigenvalue weighted by Crippen LogP contribution is -2.31. The van der Waals surface area contributed by atoms with Crippen LogP contribution in [-0.2, 0) is 9.53 Å². The summed E-state index contributed by atoms with van der Waals surface area (Å²) in [5, 5.41) is 0. The van der Waals surface area contributed by atoms with Crippen molar-refractivity contribution in [3.8, 4) is 17.2 Å². The Morgan fingerprint density at radius 2 is 1.84 bits per heavy atom. The van der Waals surface area contributed by atoms with Crippen molar-refractivity contribution >= 4 is 17.7 Å². The third kappa shape index (κ3) is 4.69. The van der Waals surface area contributed by atoms with Gasteiger partial charge in [-0.2, -0.15) is 11.8 Å². The Kier molecular flexibility index (Phi) is 7.48. The Labute approximate surface area is 194 Å². The molecule has 1 saturated heterocycles. The highest BCUT2D eigenvalue weighted by molar-refractivity contribution is 7.99. The van der Waals surface area contributed by atoms with Crippen LogP contribution in [0.3, 0.4) is 0 Å². The van der Waals surface area contributed by atoms with E-state index >= 15 is 0 Å². The van der Waals surface area contributed by atoms with E-state index < -0.39 is 0 Å². The molecule has 2 heterocycles. The van der Waals surface area contributed by atoms with Crippen molar-refractivity contribution in [1.82, 2.24) is 4.90 Å². The molecule has 0 aromatic heterocycles. The van der Waals surface area contributed by atoms with Gasteiger partial charge in [-0.1, -0.05) is 25.1 Å². The molecule has 0 aliphatic carbocycles. The molecule has 2 aromatic rings. The molecule has 0 unspecified atom stereocenters. The molecule has 0 amide bonds. The zero-order valence-electron chi connectivity index (χ0n) is 18.9. The average molecular weight is 458 g/mol. The average Bonchev–Trinajstić information content (AvgIpc) is 3.43. The maximum Gasteiger partial charge on any atom is 0.311 e. The number of hydrogen-bond donors (Lipinski definition) is 0. The van der Waals surface area contributed by atoms with Crippen LogP contribution in [-0.4, -0.2) is 56.0 Å². The summed E-state index contributed by atoms with van der Waals surface area (Å²) in [4.78, 5) is 15.7. The maximum absolute atomic E-state index is 13.3. The minimum Gasteiger partial charge on any atom is -0.497 e. The molecule has 172 valence electrons. The van der Waals surface area contributed by atoms with Gasteiger partial charge < -0.3 is 18.9 Å². The summed E-state index contributed by atoms with van der Waals surface area (Å²) >= 11 is 1.92. The van der Waals surface area contributed by atoms with Crippen molar-refractivity contribution in [2.75, 3.05) is 45.1 Å². The van der Waals surface area contributed by atoms with E-state index in [1.165, 1.54) is 0 Å². The van der Waals surface area contributed by atoms with Crippen molar-refractivity contribution in [1.29, 1.82) is 0 Å². The number of hydrogen-bond acceptors (Lipinski definition) is 7. The SMILES string of the molecule is CCOC(=O)[C@@H]1[C@@H](c2ccc(OC)cc2)N(CCSCC)C[C@H]1c1ccc2c(c1)OCO2. The van der Waals surface area contributed by atoms with E-state index in [9.17, 15) is 4.79 Å². The van der Waals surface area contributed by atoms with E-state index in [0.29, 0.717) is 6.61 Å². The second-order valence-electron chi connectivity index (χ2n) is 7.91. The highest BCUT2D eigenvalue weighted by Gasteiger charge is 2.48. The van der Waals surface area contributed by atoms with Crippen LogP contribution in [0.25, 0.3) is 0 Å². The molecule has 2 aliphatic heterocycles. The van der Waals surface area contributed by atoms with Gasteiger partial charge in [0.2, 0.25) is 6.79 Å². The van der Waals surface area contributed by atoms with Crippen LogP contribution in [0, 0.1) is 5.92 Å². The number of nitrogens with zero attached hydrogens (tertiary/aromatic N) is 1. The van der Waals surface area contributed by atoms with Gasteiger partial charge in [0.1, 0.15) is 5.75 Å². The first kappa shape index (κ1) is 22.8. The molecule has 0 radical (unpaired) electrons. The van der Waals surface area contributed by atoms with E-state index in [1.807, 2.05) is 43.0 Å². The lowest BCUT2D eigenvalue weighted by molar-refractivity contribution is -0.149. The van der Waals surface area contributed by atoms with E-state index in [-0.39, 0.29) is 30.6 Å². The highest BCUT2D eigenvalue weighted by Crippen LogP contribution is 2.48. The topological polar surface area (TPSA) is 57.2 Å². The first-order valence-corrected chi connectivity index (χ1v) is 12.3. The van der Waals surface area contributed by atoms with E-state index in [0.717, 1.165) is 53.0 Å². The fraction of sp³-hybridized carbons (Fsp3) is 0.480. The summed E-state index contributed by atoms with van der Waals surface area (Å²) in [6.07, 6.45) is 0.